The van der Waals surface area contributed by atoms with Gasteiger partial charge in [-0.25, -0.2) is 4.79 Å². The third-order valence-corrected chi connectivity index (χ3v) is 10.8. The zero-order valence-corrected chi connectivity index (χ0v) is 21.2. The first-order valence-electron chi connectivity index (χ1n) is 10.4. The highest BCUT2D eigenvalue weighted by Gasteiger charge is 2.43. The predicted molar refractivity (Wildman–Crippen MR) is 117 cm³/mol. The quantitative estimate of drug-likeness (QED) is 0.425. The molecule has 170 valence electrons. The second kappa shape index (κ2) is 9.08. The highest BCUT2D eigenvalue weighted by Crippen LogP contribution is 2.40. The first kappa shape index (κ1) is 26.1. The average molecular weight is 431 g/mol. The van der Waals surface area contributed by atoms with E-state index < -0.39 is 31.6 Å². The fourth-order valence-electron chi connectivity index (χ4n) is 2.91. The summed E-state index contributed by atoms with van der Waals surface area (Å²) >= 11 is 0. The van der Waals surface area contributed by atoms with Gasteiger partial charge in [0.25, 0.3) is 0 Å². The van der Waals surface area contributed by atoms with Gasteiger partial charge in [-0.05, 0) is 18.1 Å². The minimum atomic E-state index is -1.85. The first-order chi connectivity index (χ1) is 12.9. The molecule has 1 N–H and O–H groups in total. The summed E-state index contributed by atoms with van der Waals surface area (Å²) < 4.78 is 23.0. The molecule has 0 saturated heterocycles. The van der Waals surface area contributed by atoms with E-state index >= 15 is 0 Å². The highest BCUT2D eigenvalue weighted by molar-refractivity contribution is 6.74. The van der Waals surface area contributed by atoms with Gasteiger partial charge >= 0.3 is 5.97 Å². The molecule has 0 unspecified atom stereocenters. The van der Waals surface area contributed by atoms with Crippen molar-refractivity contribution in [2.24, 2.45) is 11.3 Å². The van der Waals surface area contributed by atoms with E-state index in [4.69, 9.17) is 18.6 Å². The Morgan fingerprint density at radius 3 is 2.17 bits per heavy atom. The van der Waals surface area contributed by atoms with Gasteiger partial charge in [0, 0.05) is 45.3 Å². The van der Waals surface area contributed by atoms with Gasteiger partial charge in [0.2, 0.25) is 5.79 Å². The smallest absolute Gasteiger partial charge is 0.337 e. The van der Waals surface area contributed by atoms with Crippen molar-refractivity contribution in [1.29, 1.82) is 0 Å². The number of ether oxygens (including phenoxy) is 3. The lowest BCUT2D eigenvalue weighted by molar-refractivity contribution is -0.214. The molecule has 1 rings (SSSR count). The third-order valence-electron chi connectivity index (χ3n) is 6.33. The van der Waals surface area contributed by atoms with Crippen LogP contribution in [0, 0.1) is 11.3 Å². The lowest BCUT2D eigenvalue weighted by atomic mass is 9.79. The molecule has 0 radical (unpaired) electrons. The molecule has 29 heavy (non-hydrogen) atoms. The number of hydrogen-bond donors (Lipinski definition) is 1. The molecule has 1 aliphatic heterocycles. The number of esters is 1. The lowest BCUT2D eigenvalue weighted by Crippen LogP contribution is -2.45. The zero-order valence-electron chi connectivity index (χ0n) is 20.2. The molecule has 0 aromatic carbocycles. The Morgan fingerprint density at radius 2 is 1.72 bits per heavy atom. The summed E-state index contributed by atoms with van der Waals surface area (Å²) in [6.45, 7) is 20.9. The van der Waals surface area contributed by atoms with E-state index in [1.54, 1.807) is 21.0 Å². The summed E-state index contributed by atoms with van der Waals surface area (Å²) in [6.07, 6.45) is 0.774. The van der Waals surface area contributed by atoms with Gasteiger partial charge in [-0.1, -0.05) is 41.5 Å². The number of cyclic esters (lactones) is 1. The van der Waals surface area contributed by atoms with Gasteiger partial charge in [0.1, 0.15) is 5.76 Å². The molecule has 0 fully saturated rings. The van der Waals surface area contributed by atoms with Crippen LogP contribution < -0.4 is 0 Å². The van der Waals surface area contributed by atoms with Gasteiger partial charge in [0.15, 0.2) is 8.32 Å². The molecule has 0 saturated carbocycles. The fraction of sp³-hybridized carbons (Fsp3) is 0.864. The van der Waals surface area contributed by atoms with Crippen molar-refractivity contribution in [1.82, 2.24) is 0 Å². The number of hydrogen-bond acceptors (Lipinski definition) is 6. The van der Waals surface area contributed by atoms with Gasteiger partial charge in [-0.15, -0.1) is 0 Å². The molecule has 0 spiro atoms. The van der Waals surface area contributed by atoms with Crippen molar-refractivity contribution in [3.63, 3.8) is 0 Å². The highest BCUT2D eigenvalue weighted by atomic mass is 28.4. The lowest BCUT2D eigenvalue weighted by Gasteiger charge is -2.41. The summed E-state index contributed by atoms with van der Waals surface area (Å²) in [5.41, 5.74) is -0.770. The fourth-order valence-corrected chi connectivity index (χ4v) is 4.03. The monoisotopic (exact) mass is 430 g/mol. The molecule has 0 amide bonds. The number of aliphatic hydroxyl groups excluding tert-OH is 1. The number of carbonyl (C=O) groups excluding carboxylic acids is 1. The van der Waals surface area contributed by atoms with E-state index in [1.807, 2.05) is 13.8 Å². The Hall–Kier alpha value is -0.893. The summed E-state index contributed by atoms with van der Waals surface area (Å²) in [5, 5.41) is 11.2. The Bertz CT molecular complexity index is 603. The molecule has 0 aliphatic carbocycles. The maximum atomic E-state index is 11.9. The second-order valence-corrected chi connectivity index (χ2v) is 15.5. The Labute approximate surface area is 178 Å². The van der Waals surface area contributed by atoms with Crippen LogP contribution in [0.3, 0.4) is 0 Å². The molecule has 3 atom stereocenters. The van der Waals surface area contributed by atoms with Crippen molar-refractivity contribution in [2.75, 3.05) is 13.7 Å². The van der Waals surface area contributed by atoms with Crippen molar-refractivity contribution in [2.45, 2.75) is 97.9 Å². The molecule has 0 aromatic heterocycles. The van der Waals surface area contributed by atoms with Crippen LogP contribution in [0.1, 0.15) is 61.8 Å². The third kappa shape index (κ3) is 6.81. The van der Waals surface area contributed by atoms with E-state index in [0.29, 0.717) is 18.8 Å². The van der Waals surface area contributed by atoms with Crippen LogP contribution in [0.15, 0.2) is 11.8 Å². The largest absolute Gasteiger partial charge is 0.456 e. The minimum absolute atomic E-state index is 0.113. The van der Waals surface area contributed by atoms with Crippen LogP contribution in [-0.4, -0.2) is 51.1 Å². The minimum Gasteiger partial charge on any atom is -0.456 e. The molecule has 1 aliphatic rings. The van der Waals surface area contributed by atoms with E-state index in [0.717, 1.165) is 0 Å². The zero-order chi connectivity index (χ0) is 22.8. The van der Waals surface area contributed by atoms with Crippen LogP contribution in [0.2, 0.25) is 18.1 Å². The van der Waals surface area contributed by atoms with Crippen LogP contribution in [0.4, 0.5) is 0 Å². The Balaban J connectivity index is 2.83. The molecule has 0 bridgehead atoms. The first-order valence-corrected chi connectivity index (χ1v) is 13.3. The normalized spacial score (nSPS) is 21.0. The predicted octanol–water partition coefficient (Wildman–Crippen LogP) is 4.63. The topological polar surface area (TPSA) is 74.2 Å². The van der Waals surface area contributed by atoms with Crippen LogP contribution >= 0.6 is 0 Å². The molecule has 0 aromatic rings. The maximum absolute atomic E-state index is 11.9. The van der Waals surface area contributed by atoms with Gasteiger partial charge in [-0.3, -0.25) is 0 Å². The Morgan fingerprint density at radius 1 is 1.17 bits per heavy atom. The summed E-state index contributed by atoms with van der Waals surface area (Å²) in [7, 11) is -0.195. The molecule has 1 heterocycles. The number of carbonyl (C=O) groups is 1. The van der Waals surface area contributed by atoms with Crippen LogP contribution in [0.25, 0.3) is 0 Å². The number of aliphatic hydroxyl groups is 1. The van der Waals surface area contributed by atoms with E-state index in [9.17, 15) is 9.90 Å². The number of methoxy groups -OCH3 is 1. The van der Waals surface area contributed by atoms with Gasteiger partial charge < -0.3 is 23.7 Å². The Kier molecular flexibility index (Phi) is 8.19. The summed E-state index contributed by atoms with van der Waals surface area (Å²) in [6, 6.07) is 0. The van der Waals surface area contributed by atoms with Gasteiger partial charge in [-0.2, -0.15) is 0 Å². The number of rotatable bonds is 9. The molecule has 6 nitrogen and oxygen atoms in total. The van der Waals surface area contributed by atoms with E-state index in [2.05, 4.69) is 40.8 Å². The van der Waals surface area contributed by atoms with Crippen LogP contribution in [-0.2, 0) is 23.4 Å². The maximum Gasteiger partial charge on any atom is 0.337 e. The van der Waals surface area contributed by atoms with Crippen LogP contribution in [0.5, 0.6) is 0 Å². The van der Waals surface area contributed by atoms with Crippen molar-refractivity contribution < 1.29 is 28.5 Å². The molecular weight excluding hydrogens is 388 g/mol. The van der Waals surface area contributed by atoms with Crippen molar-refractivity contribution >= 4 is 14.3 Å². The summed E-state index contributed by atoms with van der Waals surface area (Å²) in [5.74, 6) is -0.979. The molecule has 7 heteroatoms. The average Bonchev–Trinajstić information content (AvgIpc) is 2.54. The molecular formula is C22H42O6Si. The van der Waals surface area contributed by atoms with E-state index in [1.165, 1.54) is 6.08 Å². The van der Waals surface area contributed by atoms with Crippen molar-refractivity contribution in [3.8, 4) is 0 Å². The standard InChI is InChI=1S/C22H42O6Si/c1-15(14-26-29(10,11)20(2,3)4)16(25-9)12-17(23)21(5,6)18-13-19(24)28-22(7,8)27-18/h13,15-17,23H,12,14H2,1-11H3/t15-,16-,17-/m0/s1. The van der Waals surface area contributed by atoms with Crippen molar-refractivity contribution in [3.05, 3.63) is 11.8 Å². The SMILES string of the molecule is CO[C@@H](C[C@H](O)C(C)(C)C1=CC(=O)OC(C)(C)O1)[C@@H](C)CO[Si](C)(C)C(C)(C)C. The second-order valence-electron chi connectivity index (χ2n) is 10.7. The van der Waals surface area contributed by atoms with Gasteiger partial charge in [0.05, 0.1) is 18.3 Å². The van der Waals surface area contributed by atoms with E-state index in [-0.39, 0.29) is 17.1 Å². The summed E-state index contributed by atoms with van der Waals surface area (Å²) in [4.78, 5) is 11.9.